The Morgan fingerprint density at radius 3 is 2.71 bits per heavy atom. The Kier molecular flexibility index (Phi) is 4.94. The molecular formula is C13H13N3O4S. The van der Waals surface area contributed by atoms with Crippen molar-refractivity contribution in [1.29, 1.82) is 0 Å². The fraction of sp³-hybridized carbons (Fsp3) is 0.231. The van der Waals surface area contributed by atoms with Crippen LogP contribution in [0.25, 0.3) is 0 Å². The molecule has 1 aromatic carbocycles. The molecule has 1 heterocycles. The first kappa shape index (κ1) is 15.0. The van der Waals surface area contributed by atoms with Crippen LogP contribution in [0.2, 0.25) is 0 Å². The number of carboxylic acids is 1. The Bertz CT molecular complexity index is 629. The van der Waals surface area contributed by atoms with Crippen molar-refractivity contribution in [3.8, 4) is 0 Å². The number of aromatic nitrogens is 2. The van der Waals surface area contributed by atoms with Gasteiger partial charge in [0.25, 0.3) is 11.1 Å². The highest BCUT2D eigenvalue weighted by atomic mass is 32.2. The molecule has 21 heavy (non-hydrogen) atoms. The highest BCUT2D eigenvalue weighted by Gasteiger charge is 2.17. The van der Waals surface area contributed by atoms with Crippen LogP contribution in [0.4, 0.5) is 0 Å². The number of nitrogens with one attached hydrogen (secondary N) is 1. The van der Waals surface area contributed by atoms with Crippen LogP contribution in [-0.4, -0.2) is 32.4 Å². The normalized spacial score (nSPS) is 11.9. The molecule has 8 heteroatoms. The van der Waals surface area contributed by atoms with Crippen molar-refractivity contribution in [3.63, 3.8) is 0 Å². The Morgan fingerprint density at radius 2 is 2.05 bits per heavy atom. The third kappa shape index (κ3) is 4.32. The maximum atomic E-state index is 11.8. The molecular weight excluding hydrogens is 294 g/mol. The van der Waals surface area contributed by atoms with Gasteiger partial charge in [0.15, 0.2) is 0 Å². The number of hydrogen-bond acceptors (Lipinski definition) is 6. The van der Waals surface area contributed by atoms with E-state index in [1.807, 2.05) is 6.07 Å². The van der Waals surface area contributed by atoms with Gasteiger partial charge in [-0.1, -0.05) is 30.0 Å². The van der Waals surface area contributed by atoms with E-state index < -0.39 is 11.2 Å². The Morgan fingerprint density at radius 1 is 1.33 bits per heavy atom. The van der Waals surface area contributed by atoms with Crippen LogP contribution >= 0.6 is 11.8 Å². The number of hydrogen-bond donors (Lipinski definition) is 2. The zero-order chi connectivity index (χ0) is 15.2. The van der Waals surface area contributed by atoms with Gasteiger partial charge in [-0.05, 0) is 19.1 Å². The molecule has 0 spiro atoms. The van der Waals surface area contributed by atoms with Crippen LogP contribution in [0, 0.1) is 0 Å². The summed E-state index contributed by atoms with van der Waals surface area (Å²) in [5.41, 5.74) is 0.533. The van der Waals surface area contributed by atoms with Crippen molar-refractivity contribution in [1.82, 2.24) is 15.5 Å². The minimum Gasteiger partial charge on any atom is -0.480 e. The molecule has 0 aliphatic heterocycles. The van der Waals surface area contributed by atoms with E-state index in [1.165, 1.54) is 6.92 Å². The van der Waals surface area contributed by atoms with E-state index in [4.69, 9.17) is 9.52 Å². The quantitative estimate of drug-likeness (QED) is 0.780. The number of benzene rings is 1. The summed E-state index contributed by atoms with van der Waals surface area (Å²) in [6.07, 6.45) is 0. The number of aliphatic carboxylic acids is 1. The van der Waals surface area contributed by atoms with Crippen LogP contribution < -0.4 is 5.32 Å². The minimum atomic E-state index is -0.961. The van der Waals surface area contributed by atoms with Gasteiger partial charge in [-0.3, -0.25) is 9.59 Å². The molecule has 2 N–H and O–H groups in total. The summed E-state index contributed by atoms with van der Waals surface area (Å²) in [5, 5.41) is 18.4. The summed E-state index contributed by atoms with van der Waals surface area (Å²) in [6.45, 7) is 1.61. The summed E-state index contributed by atoms with van der Waals surface area (Å²) in [4.78, 5) is 22.5. The molecule has 0 fully saturated rings. The van der Waals surface area contributed by atoms with Gasteiger partial charge in [-0.15, -0.1) is 10.2 Å². The van der Waals surface area contributed by atoms with Crippen molar-refractivity contribution < 1.29 is 19.1 Å². The Labute approximate surface area is 124 Å². The summed E-state index contributed by atoms with van der Waals surface area (Å²) in [6, 6.07) is 8.74. The monoisotopic (exact) mass is 307 g/mol. The average molecular weight is 307 g/mol. The van der Waals surface area contributed by atoms with E-state index >= 15 is 0 Å². The second-order valence-electron chi connectivity index (χ2n) is 4.11. The van der Waals surface area contributed by atoms with Gasteiger partial charge in [0.05, 0.1) is 6.54 Å². The number of rotatable bonds is 6. The largest absolute Gasteiger partial charge is 0.480 e. The number of carbonyl (C=O) groups excluding carboxylic acids is 1. The van der Waals surface area contributed by atoms with E-state index in [1.54, 1.807) is 24.3 Å². The van der Waals surface area contributed by atoms with Crippen LogP contribution in [0.1, 0.15) is 23.2 Å². The van der Waals surface area contributed by atoms with Gasteiger partial charge in [0, 0.05) is 5.56 Å². The summed E-state index contributed by atoms with van der Waals surface area (Å²) >= 11 is 0.951. The number of nitrogens with zero attached hydrogens (tertiary/aromatic N) is 2. The van der Waals surface area contributed by atoms with E-state index in [0.717, 1.165) is 11.8 Å². The van der Waals surface area contributed by atoms with Crippen LogP contribution in [0.15, 0.2) is 40.0 Å². The SMILES string of the molecule is C[C@@H](Sc1nnc(CNC(=O)c2ccccc2)o1)C(=O)O. The third-order valence-electron chi connectivity index (χ3n) is 2.51. The predicted molar refractivity (Wildman–Crippen MR) is 74.9 cm³/mol. The molecule has 2 rings (SSSR count). The lowest BCUT2D eigenvalue weighted by Crippen LogP contribution is -2.22. The standard InChI is InChI=1S/C13H13N3O4S/c1-8(12(18)19)21-13-16-15-10(20-13)7-14-11(17)9-5-3-2-4-6-9/h2-6,8H,7H2,1H3,(H,14,17)(H,18,19)/t8-/m1/s1. The molecule has 1 amide bonds. The molecule has 0 unspecified atom stereocenters. The summed E-state index contributed by atoms with van der Waals surface area (Å²) in [7, 11) is 0. The first-order valence-corrected chi connectivity index (χ1v) is 6.99. The van der Waals surface area contributed by atoms with E-state index in [9.17, 15) is 9.59 Å². The third-order valence-corrected chi connectivity index (χ3v) is 3.43. The van der Waals surface area contributed by atoms with Crippen molar-refractivity contribution in [3.05, 3.63) is 41.8 Å². The molecule has 110 valence electrons. The molecule has 7 nitrogen and oxygen atoms in total. The van der Waals surface area contributed by atoms with Crippen LogP contribution in [0.5, 0.6) is 0 Å². The van der Waals surface area contributed by atoms with Crippen molar-refractivity contribution >= 4 is 23.6 Å². The van der Waals surface area contributed by atoms with E-state index in [0.29, 0.717) is 5.56 Å². The Hall–Kier alpha value is -2.35. The highest BCUT2D eigenvalue weighted by Crippen LogP contribution is 2.21. The van der Waals surface area contributed by atoms with Gasteiger partial charge in [0.1, 0.15) is 5.25 Å². The molecule has 0 saturated heterocycles. The van der Waals surface area contributed by atoms with Gasteiger partial charge in [0.2, 0.25) is 5.89 Å². The van der Waals surface area contributed by atoms with Gasteiger partial charge < -0.3 is 14.8 Å². The number of carboxylic acid groups (broad SMARTS) is 1. The molecule has 1 atom stereocenters. The topological polar surface area (TPSA) is 105 Å². The molecule has 0 bridgehead atoms. The maximum Gasteiger partial charge on any atom is 0.316 e. The molecule has 2 aromatic rings. The first-order valence-electron chi connectivity index (χ1n) is 6.11. The zero-order valence-corrected chi connectivity index (χ0v) is 12.0. The van der Waals surface area contributed by atoms with Gasteiger partial charge in [-0.2, -0.15) is 0 Å². The van der Waals surface area contributed by atoms with Crippen molar-refractivity contribution in [2.75, 3.05) is 0 Å². The predicted octanol–water partition coefficient (Wildman–Crippen LogP) is 1.56. The van der Waals surface area contributed by atoms with E-state index in [-0.39, 0.29) is 23.6 Å². The molecule has 1 aromatic heterocycles. The molecule has 0 aliphatic rings. The second-order valence-corrected chi connectivity index (χ2v) is 5.40. The summed E-state index contributed by atoms with van der Waals surface area (Å²) in [5.74, 6) is -0.988. The average Bonchev–Trinajstić information content (AvgIpc) is 2.93. The molecule has 0 aliphatic carbocycles. The maximum absolute atomic E-state index is 11.8. The highest BCUT2D eigenvalue weighted by molar-refractivity contribution is 8.00. The second kappa shape index (κ2) is 6.89. The molecule has 0 saturated carbocycles. The number of thioether (sulfide) groups is 1. The summed E-state index contributed by atoms with van der Waals surface area (Å²) < 4.78 is 5.25. The lowest BCUT2D eigenvalue weighted by atomic mass is 10.2. The first-order chi connectivity index (χ1) is 10.1. The van der Waals surface area contributed by atoms with E-state index in [2.05, 4.69) is 15.5 Å². The van der Waals surface area contributed by atoms with Crippen molar-refractivity contribution in [2.24, 2.45) is 0 Å². The number of amides is 1. The lowest BCUT2D eigenvalue weighted by Gasteiger charge is -2.02. The smallest absolute Gasteiger partial charge is 0.316 e. The molecule has 0 radical (unpaired) electrons. The minimum absolute atomic E-state index is 0.0861. The zero-order valence-electron chi connectivity index (χ0n) is 11.1. The lowest BCUT2D eigenvalue weighted by molar-refractivity contribution is -0.136. The van der Waals surface area contributed by atoms with Gasteiger partial charge >= 0.3 is 5.97 Å². The van der Waals surface area contributed by atoms with Crippen LogP contribution in [-0.2, 0) is 11.3 Å². The van der Waals surface area contributed by atoms with Gasteiger partial charge in [-0.25, -0.2) is 0 Å². The number of carbonyl (C=O) groups is 2. The van der Waals surface area contributed by atoms with Crippen LogP contribution in [0.3, 0.4) is 0 Å². The fourth-order valence-corrected chi connectivity index (χ4v) is 2.04. The van der Waals surface area contributed by atoms with Crippen molar-refractivity contribution in [2.45, 2.75) is 23.9 Å². The Balaban J connectivity index is 1.88. The fourth-order valence-electron chi connectivity index (χ4n) is 1.41.